The first-order chi connectivity index (χ1) is 21.3. The van der Waals surface area contributed by atoms with Gasteiger partial charge in [-0.25, -0.2) is 9.59 Å². The molecule has 7 heterocycles. The lowest BCUT2D eigenvalue weighted by molar-refractivity contribution is -0.125. The number of carbonyl (C=O) groups excluding carboxylic acids is 6. The molecule has 214 valence electrons. The fourth-order valence-corrected chi connectivity index (χ4v) is 14.1. The topological polar surface area (TPSA) is 151 Å². The van der Waals surface area contributed by atoms with Crippen molar-refractivity contribution in [3.8, 4) is 29.3 Å². The highest BCUT2D eigenvalue weighted by Crippen LogP contribution is 2.46. The maximum atomic E-state index is 12.2. The fraction of sp³-hybridized carbons (Fsp3) is 0.0714. The highest BCUT2D eigenvalue weighted by molar-refractivity contribution is 7.33. The molecule has 0 radical (unpaired) electrons. The SMILES string of the molecule is [2H]C(=C1C(=O)NC(=O)NC1=O)c1ccc(-c2cc3c(s2)-c2sc(-c4ccc(C([2H])=C5C(=O)NC(=O)NC5=O)s4)cc2[Si]3(C)C)s1. The number of nitrogens with one attached hydrogen (secondary N) is 4. The molecular formula is C28H18N4O6S4Si. The second kappa shape index (κ2) is 9.89. The summed E-state index contributed by atoms with van der Waals surface area (Å²) in [4.78, 5) is 78.7. The minimum absolute atomic E-state index is 0.252. The third-order valence-electron chi connectivity index (χ3n) is 7.03. The van der Waals surface area contributed by atoms with E-state index in [0.717, 1.165) is 19.5 Å². The van der Waals surface area contributed by atoms with E-state index in [9.17, 15) is 28.8 Å². The minimum atomic E-state index is -2.08. The molecule has 43 heavy (non-hydrogen) atoms. The lowest BCUT2D eigenvalue weighted by Gasteiger charge is -2.16. The van der Waals surface area contributed by atoms with E-state index in [4.69, 9.17) is 2.74 Å². The Hall–Kier alpha value is -4.28. The number of thiophene rings is 4. The van der Waals surface area contributed by atoms with Gasteiger partial charge in [0.15, 0.2) is 0 Å². The Labute approximate surface area is 263 Å². The first-order valence-corrected chi connectivity index (χ1v) is 18.8. The van der Waals surface area contributed by atoms with Crippen LogP contribution >= 0.6 is 45.3 Å². The van der Waals surface area contributed by atoms with E-state index >= 15 is 0 Å². The zero-order chi connectivity index (χ0) is 31.9. The molecule has 15 heteroatoms. The third kappa shape index (κ3) is 4.65. The monoisotopic (exact) mass is 664 g/mol. The van der Waals surface area contributed by atoms with E-state index in [1.807, 2.05) is 33.4 Å². The molecule has 7 rings (SSSR count). The van der Waals surface area contributed by atoms with Crippen molar-refractivity contribution in [2.24, 2.45) is 0 Å². The fourth-order valence-electron chi connectivity index (χ4n) is 4.92. The molecule has 10 nitrogen and oxygen atoms in total. The normalized spacial score (nSPS) is 17.9. The van der Waals surface area contributed by atoms with E-state index in [1.54, 1.807) is 34.8 Å². The number of imide groups is 4. The Kier molecular flexibility index (Phi) is 5.80. The van der Waals surface area contributed by atoms with Crippen molar-refractivity contribution in [3.63, 3.8) is 0 Å². The van der Waals surface area contributed by atoms with Crippen LogP contribution in [0.2, 0.25) is 13.1 Å². The van der Waals surface area contributed by atoms with Gasteiger partial charge >= 0.3 is 12.1 Å². The maximum absolute atomic E-state index is 12.2. The molecule has 0 aromatic carbocycles. The lowest BCUT2D eigenvalue weighted by Crippen LogP contribution is -2.51. The van der Waals surface area contributed by atoms with Crippen LogP contribution in [0.25, 0.3) is 41.4 Å². The van der Waals surface area contributed by atoms with Crippen molar-refractivity contribution < 1.29 is 31.5 Å². The number of hydrogen-bond donors (Lipinski definition) is 4. The standard InChI is InChI=1S/C28H18N4O6S4Si/c1-43(2)19-9-17(15-5-3-11(39-15)7-13-23(33)29-27(37)30-24(13)34)41-21(19)22-20(43)10-18(42-22)16-6-4-12(40-16)8-14-25(35)31-28(38)32-26(14)36/h3-10H,1-2H3,(H2,29,30,33,34,37)(H2,31,32,35,36,38)/i7D,8D. The van der Waals surface area contributed by atoms with Crippen LogP contribution in [0.15, 0.2) is 47.5 Å². The molecular weight excluding hydrogens is 645 g/mol. The third-order valence-corrected chi connectivity index (χ3v) is 15.7. The number of urea groups is 2. The van der Waals surface area contributed by atoms with E-state index in [1.165, 1.54) is 42.8 Å². The summed E-state index contributed by atoms with van der Waals surface area (Å²) < 4.78 is 16.9. The Balaban J connectivity index is 1.20. The summed E-state index contributed by atoms with van der Waals surface area (Å²) in [5, 5.41) is 10.6. The van der Waals surface area contributed by atoms with Crippen molar-refractivity contribution in [1.82, 2.24) is 21.3 Å². The van der Waals surface area contributed by atoms with Gasteiger partial charge in [-0.05, 0) is 58.9 Å². The Bertz CT molecular complexity index is 1960. The van der Waals surface area contributed by atoms with Gasteiger partial charge < -0.3 is 0 Å². The maximum Gasteiger partial charge on any atom is 0.328 e. The van der Waals surface area contributed by atoms with Gasteiger partial charge in [0, 0.05) is 39.0 Å². The molecule has 3 aliphatic rings. The molecule has 4 N–H and O–H groups in total. The van der Waals surface area contributed by atoms with Crippen molar-refractivity contribution in [2.45, 2.75) is 13.1 Å². The molecule has 8 amide bonds. The summed E-state index contributed by atoms with van der Waals surface area (Å²) in [5.74, 6) is -3.60. The summed E-state index contributed by atoms with van der Waals surface area (Å²) in [6, 6.07) is 9.15. The average Bonchev–Trinajstić information content (AvgIpc) is 3.76. The zero-order valence-corrected chi connectivity index (χ0v) is 26.3. The minimum Gasteiger partial charge on any atom is -0.273 e. The number of barbiturate groups is 2. The average molecular weight is 665 g/mol. The molecule has 4 aromatic rings. The first kappa shape index (κ1) is 25.2. The second-order valence-electron chi connectivity index (χ2n) is 10.1. The van der Waals surface area contributed by atoms with E-state index in [2.05, 4.69) is 25.2 Å². The summed E-state index contributed by atoms with van der Waals surface area (Å²) in [6.45, 7) is 4.57. The van der Waals surface area contributed by atoms with Gasteiger partial charge in [-0.1, -0.05) is 13.1 Å². The van der Waals surface area contributed by atoms with Crippen LogP contribution < -0.4 is 31.6 Å². The quantitative estimate of drug-likeness (QED) is 0.149. The summed E-state index contributed by atoms with van der Waals surface area (Å²) >= 11 is 5.88. The molecule has 3 aliphatic heterocycles. The Morgan fingerprint density at radius 3 is 1.33 bits per heavy atom. The smallest absolute Gasteiger partial charge is 0.273 e. The summed E-state index contributed by atoms with van der Waals surface area (Å²) in [7, 11) is -2.08. The lowest BCUT2D eigenvalue weighted by atomic mass is 10.1. The molecule has 2 fully saturated rings. The molecule has 0 bridgehead atoms. The van der Waals surface area contributed by atoms with Gasteiger partial charge in [0.25, 0.3) is 23.6 Å². The predicted octanol–water partition coefficient (Wildman–Crippen LogP) is 3.57. The molecule has 2 saturated heterocycles. The van der Waals surface area contributed by atoms with E-state index in [0.29, 0.717) is 9.75 Å². The molecule has 0 aliphatic carbocycles. The predicted molar refractivity (Wildman–Crippen MR) is 170 cm³/mol. The number of carbonyl (C=O) groups is 6. The number of amides is 8. The van der Waals surface area contributed by atoms with Crippen molar-refractivity contribution in [3.05, 3.63) is 57.3 Å². The highest BCUT2D eigenvalue weighted by atomic mass is 32.1. The largest absolute Gasteiger partial charge is 0.328 e. The zero-order valence-electron chi connectivity index (χ0n) is 24.0. The highest BCUT2D eigenvalue weighted by Gasteiger charge is 2.41. The van der Waals surface area contributed by atoms with E-state index in [-0.39, 0.29) is 12.1 Å². The van der Waals surface area contributed by atoms with Gasteiger partial charge in [-0.2, -0.15) is 0 Å². The van der Waals surface area contributed by atoms with Crippen molar-refractivity contribution in [1.29, 1.82) is 0 Å². The summed E-state index contributed by atoms with van der Waals surface area (Å²) in [5.41, 5.74) is -0.821. The molecule has 0 unspecified atom stereocenters. The van der Waals surface area contributed by atoms with Gasteiger partial charge in [0.2, 0.25) is 0 Å². The van der Waals surface area contributed by atoms with Crippen molar-refractivity contribution >= 4 is 112 Å². The van der Waals surface area contributed by atoms with Crippen LogP contribution in [0, 0.1) is 0 Å². The molecule has 0 spiro atoms. The molecule has 0 saturated carbocycles. The molecule has 0 atom stereocenters. The van der Waals surface area contributed by atoms with Crippen LogP contribution in [-0.4, -0.2) is 43.8 Å². The van der Waals surface area contributed by atoms with Crippen LogP contribution in [0.4, 0.5) is 9.59 Å². The van der Waals surface area contributed by atoms with Crippen molar-refractivity contribution in [2.75, 3.05) is 0 Å². The van der Waals surface area contributed by atoms with Crippen LogP contribution in [0.1, 0.15) is 12.5 Å². The number of hydrogen-bond acceptors (Lipinski definition) is 10. The summed E-state index contributed by atoms with van der Waals surface area (Å²) in [6.07, 6.45) is 0. The number of rotatable bonds is 4. The van der Waals surface area contributed by atoms with Gasteiger partial charge in [0.1, 0.15) is 19.2 Å². The Morgan fingerprint density at radius 1 is 0.581 bits per heavy atom. The van der Waals surface area contributed by atoms with Gasteiger partial charge in [-0.15, -0.1) is 45.3 Å². The van der Waals surface area contributed by atoms with Crippen LogP contribution in [0.3, 0.4) is 0 Å². The number of fused-ring (bicyclic) bond motifs is 3. The molecule has 4 aromatic heterocycles. The van der Waals surface area contributed by atoms with Gasteiger partial charge in [-0.3, -0.25) is 40.4 Å². The van der Waals surface area contributed by atoms with Gasteiger partial charge in [0.05, 0.1) is 2.74 Å². The van der Waals surface area contributed by atoms with Crippen LogP contribution in [-0.2, 0) is 19.2 Å². The van der Waals surface area contributed by atoms with Crippen LogP contribution in [0.5, 0.6) is 0 Å². The van der Waals surface area contributed by atoms with E-state index < -0.39 is 54.9 Å². The Morgan fingerprint density at radius 2 is 0.953 bits per heavy atom. The first-order valence-electron chi connectivity index (χ1n) is 13.6. The second-order valence-corrected chi connectivity index (χ2v) is 18.7.